The summed E-state index contributed by atoms with van der Waals surface area (Å²) in [5, 5.41) is 0. The predicted molar refractivity (Wildman–Crippen MR) is 87.0 cm³/mol. The van der Waals surface area contributed by atoms with E-state index < -0.39 is 0 Å². The molecule has 20 heavy (non-hydrogen) atoms. The molecule has 0 saturated carbocycles. The van der Waals surface area contributed by atoms with Gasteiger partial charge in [-0.15, -0.1) is 0 Å². The van der Waals surface area contributed by atoms with Gasteiger partial charge in [-0.05, 0) is 60.7 Å². The summed E-state index contributed by atoms with van der Waals surface area (Å²) in [5.41, 5.74) is 34.5. The Hall–Kier alpha value is -2.56. The number of hydrogen-bond acceptors (Lipinski definition) is 5. The molecule has 0 aliphatic rings. The van der Waals surface area contributed by atoms with Gasteiger partial charge in [0.2, 0.25) is 0 Å². The minimum absolute atomic E-state index is 0.590. The molecule has 0 fully saturated rings. The van der Waals surface area contributed by atoms with Crippen molar-refractivity contribution in [1.29, 1.82) is 0 Å². The molecule has 0 amide bonds. The van der Waals surface area contributed by atoms with Crippen molar-refractivity contribution in [1.82, 2.24) is 0 Å². The highest BCUT2D eigenvalue weighted by molar-refractivity contribution is 5.68. The maximum absolute atomic E-state index is 5.95. The molecule has 0 spiro atoms. The molecule has 10 N–H and O–H groups in total. The van der Waals surface area contributed by atoms with E-state index in [4.69, 9.17) is 28.7 Å². The van der Waals surface area contributed by atoms with Crippen molar-refractivity contribution < 1.29 is 0 Å². The summed E-state index contributed by atoms with van der Waals surface area (Å²) in [7, 11) is 0. The molecule has 0 saturated heterocycles. The molecule has 0 bridgehead atoms. The van der Waals surface area contributed by atoms with Crippen molar-refractivity contribution in [2.45, 2.75) is 19.3 Å². The van der Waals surface area contributed by atoms with Gasteiger partial charge in [0.05, 0.1) is 0 Å². The normalized spacial score (nSPS) is 10.6. The summed E-state index contributed by atoms with van der Waals surface area (Å²) >= 11 is 0. The molecule has 0 radical (unpaired) electrons. The average molecular weight is 271 g/mol. The van der Waals surface area contributed by atoms with Crippen LogP contribution in [0.4, 0.5) is 28.4 Å². The van der Waals surface area contributed by atoms with E-state index in [1.165, 1.54) is 0 Å². The van der Waals surface area contributed by atoms with Crippen LogP contribution >= 0.6 is 0 Å². The molecule has 5 nitrogen and oxygen atoms in total. The summed E-state index contributed by atoms with van der Waals surface area (Å²) < 4.78 is 0. The Morgan fingerprint density at radius 2 is 1.10 bits per heavy atom. The minimum Gasteiger partial charge on any atom is -0.399 e. The van der Waals surface area contributed by atoms with Gasteiger partial charge >= 0.3 is 0 Å². The summed E-state index contributed by atoms with van der Waals surface area (Å²) in [4.78, 5) is 0. The molecule has 0 aliphatic carbocycles. The second-order valence-electron chi connectivity index (χ2n) is 5.04. The van der Waals surface area contributed by atoms with Gasteiger partial charge in [-0.1, -0.05) is 0 Å². The second-order valence-corrected chi connectivity index (χ2v) is 5.04. The first-order valence-electron chi connectivity index (χ1n) is 6.54. The first kappa shape index (κ1) is 13.9. The zero-order valence-corrected chi connectivity index (χ0v) is 11.4. The lowest BCUT2D eigenvalue weighted by Gasteiger charge is -2.11. The Balaban J connectivity index is 2.03. The number of aryl methyl sites for hydroxylation is 1. The first-order chi connectivity index (χ1) is 9.45. The van der Waals surface area contributed by atoms with Crippen LogP contribution in [0.25, 0.3) is 0 Å². The van der Waals surface area contributed by atoms with Crippen molar-refractivity contribution in [2.75, 3.05) is 28.7 Å². The summed E-state index contributed by atoms with van der Waals surface area (Å²) in [6.07, 6.45) is 2.59. The van der Waals surface area contributed by atoms with Crippen LogP contribution in [-0.4, -0.2) is 0 Å². The summed E-state index contributed by atoms with van der Waals surface area (Å²) in [6.45, 7) is 0. The lowest BCUT2D eigenvalue weighted by Crippen LogP contribution is -2.03. The van der Waals surface area contributed by atoms with E-state index in [-0.39, 0.29) is 0 Å². The van der Waals surface area contributed by atoms with Crippen LogP contribution in [0, 0.1) is 0 Å². The van der Waals surface area contributed by atoms with Crippen LogP contribution in [0.3, 0.4) is 0 Å². The van der Waals surface area contributed by atoms with Crippen molar-refractivity contribution in [2.24, 2.45) is 0 Å². The molecule has 0 unspecified atom stereocenters. The second kappa shape index (κ2) is 5.61. The highest BCUT2D eigenvalue weighted by atomic mass is 14.7. The van der Waals surface area contributed by atoms with E-state index in [1.54, 1.807) is 18.2 Å². The van der Waals surface area contributed by atoms with Gasteiger partial charge in [0.15, 0.2) is 0 Å². The molecule has 2 rings (SSSR count). The molecule has 0 aromatic heterocycles. The lowest BCUT2D eigenvalue weighted by molar-refractivity contribution is 0.824. The van der Waals surface area contributed by atoms with Gasteiger partial charge in [0.1, 0.15) is 0 Å². The van der Waals surface area contributed by atoms with E-state index in [9.17, 15) is 0 Å². The Morgan fingerprint density at radius 1 is 0.600 bits per heavy atom. The largest absolute Gasteiger partial charge is 0.399 e. The highest BCUT2D eigenvalue weighted by Crippen LogP contribution is 2.25. The predicted octanol–water partition coefficient (Wildman–Crippen LogP) is 1.77. The maximum Gasteiger partial charge on any atom is 0.0387 e. The third-order valence-corrected chi connectivity index (χ3v) is 3.27. The van der Waals surface area contributed by atoms with Gasteiger partial charge in [-0.25, -0.2) is 0 Å². The van der Waals surface area contributed by atoms with Crippen molar-refractivity contribution >= 4 is 28.4 Å². The molecule has 0 atom stereocenters. The molecule has 5 heteroatoms. The zero-order valence-electron chi connectivity index (χ0n) is 11.4. The molecule has 0 heterocycles. The van der Waals surface area contributed by atoms with Crippen LogP contribution < -0.4 is 28.7 Å². The minimum atomic E-state index is 0.590. The average Bonchev–Trinajstić information content (AvgIpc) is 2.31. The van der Waals surface area contributed by atoms with E-state index in [0.717, 1.165) is 30.4 Å². The zero-order chi connectivity index (χ0) is 14.7. The maximum atomic E-state index is 5.95. The third-order valence-electron chi connectivity index (χ3n) is 3.27. The Bertz CT molecular complexity index is 578. The number of anilines is 5. The Kier molecular flexibility index (Phi) is 3.89. The summed E-state index contributed by atoms with van der Waals surface area (Å²) in [5.74, 6) is 0. The quantitative estimate of drug-likeness (QED) is 0.541. The van der Waals surface area contributed by atoms with Gasteiger partial charge in [0, 0.05) is 28.4 Å². The monoisotopic (exact) mass is 271 g/mol. The molecule has 106 valence electrons. The van der Waals surface area contributed by atoms with Crippen LogP contribution in [0.15, 0.2) is 30.3 Å². The van der Waals surface area contributed by atoms with E-state index >= 15 is 0 Å². The first-order valence-corrected chi connectivity index (χ1v) is 6.54. The Morgan fingerprint density at radius 3 is 1.65 bits per heavy atom. The van der Waals surface area contributed by atoms with Gasteiger partial charge < -0.3 is 28.7 Å². The van der Waals surface area contributed by atoms with Crippen LogP contribution in [0.1, 0.15) is 17.5 Å². The highest BCUT2D eigenvalue weighted by Gasteiger charge is 2.06. The fourth-order valence-corrected chi connectivity index (χ4v) is 2.39. The smallest absolute Gasteiger partial charge is 0.0387 e. The van der Waals surface area contributed by atoms with E-state index in [2.05, 4.69) is 0 Å². The number of rotatable bonds is 4. The number of nitrogens with two attached hydrogens (primary N) is 5. The lowest BCUT2D eigenvalue weighted by atomic mass is 10.0. The summed E-state index contributed by atoms with van der Waals surface area (Å²) in [6, 6.07) is 9.10. The number of benzene rings is 2. The molecular formula is C15H21N5. The van der Waals surface area contributed by atoms with E-state index in [0.29, 0.717) is 28.4 Å². The molecule has 2 aromatic carbocycles. The molecule has 0 aliphatic heterocycles. The van der Waals surface area contributed by atoms with Crippen molar-refractivity contribution in [3.63, 3.8) is 0 Å². The SMILES string of the molecule is Nc1cc(N)cc(CCCc2c(N)cc(N)cc2N)c1. The van der Waals surface area contributed by atoms with Gasteiger partial charge in [0.25, 0.3) is 0 Å². The third kappa shape index (κ3) is 3.26. The molecule has 2 aromatic rings. The van der Waals surface area contributed by atoms with Crippen molar-refractivity contribution in [3.8, 4) is 0 Å². The van der Waals surface area contributed by atoms with Crippen LogP contribution in [0.5, 0.6) is 0 Å². The fourth-order valence-electron chi connectivity index (χ4n) is 2.39. The van der Waals surface area contributed by atoms with Crippen LogP contribution in [0.2, 0.25) is 0 Å². The van der Waals surface area contributed by atoms with Crippen LogP contribution in [-0.2, 0) is 12.8 Å². The van der Waals surface area contributed by atoms with Gasteiger partial charge in [-0.3, -0.25) is 0 Å². The van der Waals surface area contributed by atoms with Crippen molar-refractivity contribution in [3.05, 3.63) is 41.5 Å². The number of nitrogen functional groups attached to an aromatic ring is 5. The topological polar surface area (TPSA) is 130 Å². The van der Waals surface area contributed by atoms with Gasteiger partial charge in [-0.2, -0.15) is 0 Å². The Labute approximate surface area is 118 Å². The fraction of sp³-hybridized carbons (Fsp3) is 0.200. The number of hydrogen-bond donors (Lipinski definition) is 5. The standard InChI is InChI=1S/C15H21N5/c16-10-4-9(5-11(17)6-10)2-1-3-13-14(19)7-12(18)8-15(13)20/h4-8H,1-3,16-20H2. The van der Waals surface area contributed by atoms with E-state index in [1.807, 2.05) is 12.1 Å². The molecular weight excluding hydrogens is 250 g/mol.